The Morgan fingerprint density at radius 2 is 1.84 bits per heavy atom. The van der Waals surface area contributed by atoms with Gasteiger partial charge in [0, 0.05) is 30.7 Å². The zero-order valence-corrected chi connectivity index (χ0v) is 16.2. The molecule has 2 aliphatic heterocycles. The Morgan fingerprint density at radius 3 is 2.60 bits per heavy atom. The van der Waals surface area contributed by atoms with Gasteiger partial charge in [0.05, 0.1) is 15.7 Å². The van der Waals surface area contributed by atoms with Gasteiger partial charge < -0.3 is 4.90 Å². The van der Waals surface area contributed by atoms with Gasteiger partial charge >= 0.3 is 0 Å². The summed E-state index contributed by atoms with van der Waals surface area (Å²) in [4.78, 5) is 2.38. The molecule has 0 saturated carbocycles. The molecular weight excluding hydrogens is 403 g/mol. The van der Waals surface area contributed by atoms with Gasteiger partial charge in [-0.2, -0.15) is 4.31 Å². The molecule has 2 aromatic carbocycles. The average Bonchev–Trinajstić information content (AvgIpc) is 3.02. The molecule has 2 aliphatic rings. The highest BCUT2D eigenvalue weighted by molar-refractivity contribution is 7.89. The third-order valence-electron chi connectivity index (χ3n) is 4.74. The highest BCUT2D eigenvalue weighted by Crippen LogP contribution is 2.39. The molecule has 4 rings (SSSR count). The van der Waals surface area contributed by atoms with Crippen LogP contribution in [0.15, 0.2) is 41.3 Å². The molecule has 1 saturated heterocycles. The van der Waals surface area contributed by atoms with E-state index >= 15 is 0 Å². The first-order chi connectivity index (χ1) is 11.9. The smallest absolute Gasteiger partial charge is 0.245 e. The maximum atomic E-state index is 13.3. The Morgan fingerprint density at radius 1 is 1.04 bits per heavy atom. The first kappa shape index (κ1) is 17.4. The van der Waals surface area contributed by atoms with E-state index in [1.54, 1.807) is 34.6 Å². The summed E-state index contributed by atoms with van der Waals surface area (Å²) in [6, 6.07) is 10.2. The van der Waals surface area contributed by atoms with Crippen LogP contribution in [0.3, 0.4) is 0 Å². The molecule has 0 aliphatic carbocycles. The molecule has 0 amide bonds. The molecule has 0 radical (unpaired) electrons. The summed E-state index contributed by atoms with van der Waals surface area (Å²) < 4.78 is 28.2. The summed E-state index contributed by atoms with van der Waals surface area (Å²) in [5, 5.41) is 1.28. The summed E-state index contributed by atoms with van der Waals surface area (Å²) in [5.74, 6) is 0. The van der Waals surface area contributed by atoms with Gasteiger partial charge in [0.15, 0.2) is 0 Å². The van der Waals surface area contributed by atoms with E-state index in [2.05, 4.69) is 4.90 Å². The molecule has 2 bridgehead atoms. The SMILES string of the molecule is O=S1(=O)c2cc(Cl)ccc2N2CC[C@H](C2)N1Cc1ccc(Cl)c(Cl)c1. The van der Waals surface area contributed by atoms with E-state index in [0.717, 1.165) is 24.2 Å². The Hall–Kier alpha value is -0.980. The number of hydrogen-bond donors (Lipinski definition) is 0. The number of hydrogen-bond acceptors (Lipinski definition) is 3. The van der Waals surface area contributed by atoms with Crippen LogP contribution in [-0.4, -0.2) is 31.9 Å². The quantitative estimate of drug-likeness (QED) is 0.726. The molecule has 2 aromatic rings. The van der Waals surface area contributed by atoms with Crippen molar-refractivity contribution in [1.82, 2.24) is 4.31 Å². The van der Waals surface area contributed by atoms with E-state index in [-0.39, 0.29) is 17.5 Å². The van der Waals surface area contributed by atoms with E-state index in [1.807, 2.05) is 0 Å². The van der Waals surface area contributed by atoms with Crippen LogP contribution in [0.1, 0.15) is 12.0 Å². The molecule has 8 heteroatoms. The predicted octanol–water partition coefficient (Wildman–Crippen LogP) is 4.43. The Balaban J connectivity index is 1.80. The normalized spacial score (nSPS) is 21.9. The van der Waals surface area contributed by atoms with Crippen LogP contribution in [0, 0.1) is 0 Å². The topological polar surface area (TPSA) is 40.6 Å². The lowest BCUT2D eigenvalue weighted by atomic mass is 10.2. The standard InChI is InChI=1S/C17H15Cl3N2O2S/c18-12-2-4-16-17(8-12)25(23,24)22(13-5-6-21(16)10-13)9-11-1-3-14(19)15(20)7-11/h1-4,7-8,13H,5-6,9-10H2/t13-/m1/s1. The lowest BCUT2D eigenvalue weighted by molar-refractivity contribution is 0.333. The van der Waals surface area contributed by atoms with Crippen molar-refractivity contribution < 1.29 is 8.42 Å². The van der Waals surface area contributed by atoms with Gasteiger partial charge in [-0.3, -0.25) is 0 Å². The van der Waals surface area contributed by atoms with Crippen molar-refractivity contribution in [3.05, 3.63) is 57.0 Å². The van der Waals surface area contributed by atoms with Crippen molar-refractivity contribution in [1.29, 1.82) is 0 Å². The molecule has 0 unspecified atom stereocenters. The molecule has 0 spiro atoms. The van der Waals surface area contributed by atoms with Crippen molar-refractivity contribution in [3.8, 4) is 0 Å². The minimum Gasteiger partial charge on any atom is -0.369 e. The number of benzene rings is 2. The Bertz CT molecular complexity index is 949. The minimum absolute atomic E-state index is 0.0781. The van der Waals surface area contributed by atoms with Crippen molar-refractivity contribution in [2.75, 3.05) is 18.0 Å². The fraction of sp³-hybridized carbons (Fsp3) is 0.294. The molecule has 1 atom stereocenters. The van der Waals surface area contributed by atoms with Crippen molar-refractivity contribution in [3.63, 3.8) is 0 Å². The molecule has 0 N–H and O–H groups in total. The van der Waals surface area contributed by atoms with Crippen LogP contribution >= 0.6 is 34.8 Å². The molecule has 132 valence electrons. The van der Waals surface area contributed by atoms with Crippen LogP contribution in [0.4, 0.5) is 5.69 Å². The van der Waals surface area contributed by atoms with Crippen LogP contribution in [0.2, 0.25) is 15.1 Å². The van der Waals surface area contributed by atoms with Gasteiger partial charge in [0.2, 0.25) is 10.0 Å². The van der Waals surface area contributed by atoms with Gasteiger partial charge in [-0.15, -0.1) is 0 Å². The van der Waals surface area contributed by atoms with E-state index in [4.69, 9.17) is 34.8 Å². The second-order valence-corrected chi connectivity index (χ2v) is 9.41. The lowest BCUT2D eigenvalue weighted by Gasteiger charge is -2.27. The van der Waals surface area contributed by atoms with Crippen LogP contribution in [-0.2, 0) is 16.6 Å². The maximum absolute atomic E-state index is 13.3. The van der Waals surface area contributed by atoms with Gasteiger partial charge in [-0.05, 0) is 42.3 Å². The minimum atomic E-state index is -3.66. The zero-order valence-electron chi connectivity index (χ0n) is 13.1. The number of halogens is 3. The number of nitrogens with zero attached hydrogens (tertiary/aromatic N) is 2. The monoisotopic (exact) mass is 416 g/mol. The van der Waals surface area contributed by atoms with Crippen molar-refractivity contribution in [2.24, 2.45) is 0 Å². The highest BCUT2D eigenvalue weighted by atomic mass is 35.5. The van der Waals surface area contributed by atoms with E-state index < -0.39 is 10.0 Å². The third-order valence-corrected chi connectivity index (χ3v) is 7.64. The van der Waals surface area contributed by atoms with Crippen molar-refractivity contribution in [2.45, 2.75) is 23.9 Å². The fourth-order valence-corrected chi connectivity index (χ4v) is 5.94. The van der Waals surface area contributed by atoms with Crippen LogP contribution in [0.25, 0.3) is 0 Å². The van der Waals surface area contributed by atoms with Gasteiger partial charge in [-0.25, -0.2) is 8.42 Å². The number of anilines is 1. The van der Waals surface area contributed by atoms with E-state index in [1.165, 1.54) is 6.07 Å². The summed E-state index contributed by atoms with van der Waals surface area (Å²) in [5.41, 5.74) is 1.53. The van der Waals surface area contributed by atoms with Gasteiger partial charge in [0.1, 0.15) is 4.90 Å². The zero-order chi connectivity index (χ0) is 17.8. The molecule has 0 aromatic heterocycles. The largest absolute Gasteiger partial charge is 0.369 e. The second-order valence-electron chi connectivity index (χ2n) is 6.30. The van der Waals surface area contributed by atoms with Gasteiger partial charge in [0.25, 0.3) is 0 Å². The number of fused-ring (bicyclic) bond motifs is 4. The highest BCUT2D eigenvalue weighted by Gasteiger charge is 2.42. The Labute approximate surface area is 161 Å². The molecule has 25 heavy (non-hydrogen) atoms. The maximum Gasteiger partial charge on any atom is 0.245 e. The molecule has 2 heterocycles. The van der Waals surface area contributed by atoms with Gasteiger partial charge in [-0.1, -0.05) is 40.9 Å². The molecule has 4 nitrogen and oxygen atoms in total. The van der Waals surface area contributed by atoms with E-state index in [9.17, 15) is 8.42 Å². The van der Waals surface area contributed by atoms with E-state index in [0.29, 0.717) is 21.6 Å². The summed E-state index contributed by atoms with van der Waals surface area (Å²) in [6.07, 6.45) is 0.794. The third kappa shape index (κ3) is 3.02. The number of rotatable bonds is 2. The van der Waals surface area contributed by atoms with Crippen LogP contribution < -0.4 is 4.90 Å². The fourth-order valence-electron chi connectivity index (χ4n) is 3.51. The Kier molecular flexibility index (Phi) is 4.41. The average molecular weight is 418 g/mol. The van der Waals surface area contributed by atoms with Crippen molar-refractivity contribution >= 4 is 50.5 Å². The summed E-state index contributed by atoms with van der Waals surface area (Å²) in [7, 11) is -3.66. The second kappa shape index (κ2) is 6.32. The predicted molar refractivity (Wildman–Crippen MR) is 101 cm³/mol. The lowest BCUT2D eigenvalue weighted by Crippen LogP contribution is -2.39. The first-order valence-corrected chi connectivity index (χ1v) is 10.4. The first-order valence-electron chi connectivity index (χ1n) is 7.86. The van der Waals surface area contributed by atoms with Crippen LogP contribution in [0.5, 0.6) is 0 Å². The summed E-state index contributed by atoms with van der Waals surface area (Å²) >= 11 is 18.1. The molecular formula is C17H15Cl3N2O2S. The summed E-state index contributed by atoms with van der Waals surface area (Å²) in [6.45, 7) is 1.76. The molecule has 1 fully saturated rings. The number of sulfonamides is 1.